The highest BCUT2D eigenvalue weighted by Crippen LogP contribution is 2.22. The number of hydrogen-bond acceptors (Lipinski definition) is 4. The number of aryl methyl sites for hydroxylation is 1. The SMILES string of the molecule is CCCC[C@H](C)C(=O)NCc1cccc(-c2ccnc(Nc3ccccc3CC)n2)c1. The molecule has 2 aromatic carbocycles. The lowest BCUT2D eigenvalue weighted by molar-refractivity contribution is -0.124. The molecule has 0 radical (unpaired) electrons. The lowest BCUT2D eigenvalue weighted by Crippen LogP contribution is -2.28. The highest BCUT2D eigenvalue weighted by atomic mass is 16.1. The Morgan fingerprint density at radius 3 is 2.71 bits per heavy atom. The van der Waals surface area contributed by atoms with Gasteiger partial charge in [0, 0.05) is 29.9 Å². The van der Waals surface area contributed by atoms with Gasteiger partial charge in [-0.1, -0.05) is 70.0 Å². The summed E-state index contributed by atoms with van der Waals surface area (Å²) in [6.45, 7) is 6.79. The second-order valence-corrected chi connectivity index (χ2v) is 7.86. The number of rotatable bonds is 10. The van der Waals surface area contributed by atoms with E-state index < -0.39 is 0 Å². The molecule has 5 nitrogen and oxygen atoms in total. The molecule has 0 saturated carbocycles. The molecule has 1 heterocycles. The fourth-order valence-electron chi connectivity index (χ4n) is 3.50. The van der Waals surface area contributed by atoms with E-state index in [1.54, 1.807) is 6.20 Å². The zero-order valence-electron chi connectivity index (χ0n) is 18.7. The lowest BCUT2D eigenvalue weighted by atomic mass is 10.0. The molecule has 3 rings (SSSR count). The van der Waals surface area contributed by atoms with Crippen molar-refractivity contribution in [2.75, 3.05) is 5.32 Å². The highest BCUT2D eigenvalue weighted by molar-refractivity contribution is 5.78. The van der Waals surface area contributed by atoms with Gasteiger partial charge in [-0.3, -0.25) is 4.79 Å². The fourth-order valence-corrected chi connectivity index (χ4v) is 3.50. The van der Waals surface area contributed by atoms with Crippen molar-refractivity contribution in [3.8, 4) is 11.3 Å². The molecule has 0 aliphatic carbocycles. The number of hydrogen-bond donors (Lipinski definition) is 2. The summed E-state index contributed by atoms with van der Waals surface area (Å²) in [6, 6.07) is 18.2. The number of unbranched alkanes of at least 4 members (excludes halogenated alkanes) is 1. The van der Waals surface area contributed by atoms with Crippen LogP contribution in [0.25, 0.3) is 11.3 Å². The second-order valence-electron chi connectivity index (χ2n) is 7.86. The number of para-hydroxylation sites is 1. The van der Waals surface area contributed by atoms with Crippen LogP contribution in [0.5, 0.6) is 0 Å². The molecule has 2 N–H and O–H groups in total. The average Bonchev–Trinajstić information content (AvgIpc) is 2.81. The summed E-state index contributed by atoms with van der Waals surface area (Å²) in [6.07, 6.45) is 5.83. The molecule has 0 aliphatic heterocycles. The van der Waals surface area contributed by atoms with Crippen LogP contribution in [0, 0.1) is 5.92 Å². The van der Waals surface area contributed by atoms with Gasteiger partial charge < -0.3 is 10.6 Å². The molecule has 5 heteroatoms. The van der Waals surface area contributed by atoms with Crippen LogP contribution in [-0.2, 0) is 17.8 Å². The van der Waals surface area contributed by atoms with Crippen LogP contribution in [0.3, 0.4) is 0 Å². The Labute approximate surface area is 185 Å². The van der Waals surface area contributed by atoms with Crippen molar-refractivity contribution in [1.82, 2.24) is 15.3 Å². The van der Waals surface area contributed by atoms with Crippen molar-refractivity contribution >= 4 is 17.5 Å². The van der Waals surface area contributed by atoms with E-state index in [1.165, 1.54) is 5.56 Å². The van der Waals surface area contributed by atoms with Crippen molar-refractivity contribution < 1.29 is 4.79 Å². The number of amides is 1. The molecule has 31 heavy (non-hydrogen) atoms. The molecule has 0 fully saturated rings. The predicted octanol–water partition coefficient (Wildman–Crippen LogP) is 5.89. The molecule has 0 unspecified atom stereocenters. The third-order valence-electron chi connectivity index (χ3n) is 5.43. The minimum atomic E-state index is 0.0460. The van der Waals surface area contributed by atoms with Crippen molar-refractivity contribution in [3.05, 3.63) is 71.9 Å². The number of carbonyl (C=O) groups excluding carboxylic acids is 1. The number of anilines is 2. The Bertz CT molecular complexity index is 1000. The van der Waals surface area contributed by atoms with Crippen LogP contribution in [0.2, 0.25) is 0 Å². The normalized spacial score (nSPS) is 11.7. The van der Waals surface area contributed by atoms with Crippen molar-refractivity contribution in [2.45, 2.75) is 53.0 Å². The zero-order valence-corrected chi connectivity index (χ0v) is 18.7. The maximum Gasteiger partial charge on any atom is 0.227 e. The molecule has 0 spiro atoms. The first-order chi connectivity index (χ1) is 15.1. The van der Waals surface area contributed by atoms with Crippen LogP contribution in [0.4, 0.5) is 11.6 Å². The van der Waals surface area contributed by atoms with Crippen LogP contribution >= 0.6 is 0 Å². The van der Waals surface area contributed by atoms with E-state index in [4.69, 9.17) is 4.98 Å². The van der Waals surface area contributed by atoms with E-state index in [0.717, 1.165) is 48.2 Å². The van der Waals surface area contributed by atoms with E-state index in [2.05, 4.69) is 41.6 Å². The molecule has 0 bridgehead atoms. The molecule has 1 aromatic heterocycles. The Morgan fingerprint density at radius 2 is 1.90 bits per heavy atom. The van der Waals surface area contributed by atoms with Crippen LogP contribution < -0.4 is 10.6 Å². The van der Waals surface area contributed by atoms with E-state index >= 15 is 0 Å². The third kappa shape index (κ3) is 6.38. The van der Waals surface area contributed by atoms with Crippen LogP contribution in [0.1, 0.15) is 51.2 Å². The van der Waals surface area contributed by atoms with E-state index in [1.807, 2.05) is 49.4 Å². The molecular weight excluding hydrogens is 384 g/mol. The number of aromatic nitrogens is 2. The molecular formula is C26H32N4O. The van der Waals surface area contributed by atoms with E-state index in [9.17, 15) is 4.79 Å². The van der Waals surface area contributed by atoms with Gasteiger partial charge >= 0.3 is 0 Å². The summed E-state index contributed by atoms with van der Waals surface area (Å²) < 4.78 is 0. The first-order valence-corrected chi connectivity index (χ1v) is 11.2. The van der Waals surface area contributed by atoms with Gasteiger partial charge in [0.25, 0.3) is 0 Å². The summed E-state index contributed by atoms with van der Waals surface area (Å²) in [5.74, 6) is 0.730. The zero-order chi connectivity index (χ0) is 22.1. The Balaban J connectivity index is 1.69. The number of benzene rings is 2. The smallest absolute Gasteiger partial charge is 0.227 e. The quantitative estimate of drug-likeness (QED) is 0.432. The van der Waals surface area contributed by atoms with Crippen LogP contribution in [0.15, 0.2) is 60.8 Å². The first-order valence-electron chi connectivity index (χ1n) is 11.2. The molecule has 1 atom stereocenters. The predicted molar refractivity (Wildman–Crippen MR) is 127 cm³/mol. The minimum Gasteiger partial charge on any atom is -0.352 e. The van der Waals surface area contributed by atoms with Gasteiger partial charge in [0.1, 0.15) is 0 Å². The first kappa shape index (κ1) is 22.5. The van der Waals surface area contributed by atoms with E-state index in [0.29, 0.717) is 12.5 Å². The summed E-state index contributed by atoms with van der Waals surface area (Å²) in [5, 5.41) is 6.40. The summed E-state index contributed by atoms with van der Waals surface area (Å²) >= 11 is 0. The fraction of sp³-hybridized carbons (Fsp3) is 0.346. The number of carbonyl (C=O) groups is 1. The molecule has 3 aromatic rings. The maximum atomic E-state index is 12.3. The Morgan fingerprint density at radius 1 is 1.06 bits per heavy atom. The van der Waals surface area contributed by atoms with Crippen molar-refractivity contribution in [3.63, 3.8) is 0 Å². The summed E-state index contributed by atoms with van der Waals surface area (Å²) in [5.41, 5.74) is 5.15. The average molecular weight is 417 g/mol. The summed E-state index contributed by atoms with van der Waals surface area (Å²) in [7, 11) is 0. The monoisotopic (exact) mass is 416 g/mol. The minimum absolute atomic E-state index is 0.0460. The maximum absolute atomic E-state index is 12.3. The molecule has 162 valence electrons. The standard InChI is InChI=1S/C26H32N4O/c1-4-6-10-19(3)25(31)28-18-20-11-9-13-22(17-20)24-15-16-27-26(30-24)29-23-14-8-7-12-21(23)5-2/h7-9,11-17,19H,4-6,10,18H2,1-3H3,(H,28,31)(H,27,29,30)/t19-/m0/s1. The third-order valence-corrected chi connectivity index (χ3v) is 5.43. The van der Waals surface area contributed by atoms with Gasteiger partial charge in [-0.2, -0.15) is 0 Å². The lowest BCUT2D eigenvalue weighted by Gasteiger charge is -2.13. The Hall–Kier alpha value is -3.21. The van der Waals surface area contributed by atoms with Crippen LogP contribution in [-0.4, -0.2) is 15.9 Å². The van der Waals surface area contributed by atoms with Crippen molar-refractivity contribution in [2.24, 2.45) is 5.92 Å². The van der Waals surface area contributed by atoms with Gasteiger partial charge in [-0.25, -0.2) is 9.97 Å². The van der Waals surface area contributed by atoms with Gasteiger partial charge in [-0.15, -0.1) is 0 Å². The number of nitrogens with zero attached hydrogens (tertiary/aromatic N) is 2. The largest absolute Gasteiger partial charge is 0.352 e. The molecule has 1 amide bonds. The molecule has 0 saturated heterocycles. The van der Waals surface area contributed by atoms with E-state index in [-0.39, 0.29) is 11.8 Å². The van der Waals surface area contributed by atoms with Crippen molar-refractivity contribution in [1.29, 1.82) is 0 Å². The van der Waals surface area contributed by atoms with Gasteiger partial charge in [-0.05, 0) is 42.2 Å². The van der Waals surface area contributed by atoms with Gasteiger partial charge in [0.15, 0.2) is 0 Å². The summed E-state index contributed by atoms with van der Waals surface area (Å²) in [4.78, 5) is 21.4. The second kappa shape index (κ2) is 11.3. The Kier molecular flexibility index (Phi) is 8.16. The van der Waals surface area contributed by atoms with Gasteiger partial charge in [0.2, 0.25) is 11.9 Å². The van der Waals surface area contributed by atoms with Gasteiger partial charge in [0.05, 0.1) is 5.69 Å². The topological polar surface area (TPSA) is 66.9 Å². The highest BCUT2D eigenvalue weighted by Gasteiger charge is 2.12. The molecule has 0 aliphatic rings. The number of nitrogens with one attached hydrogen (secondary N) is 2.